The summed E-state index contributed by atoms with van der Waals surface area (Å²) in [7, 11) is -3.73. The lowest BCUT2D eigenvalue weighted by Gasteiger charge is -2.10. The number of aryl methyl sites for hydroxylation is 1. The zero-order valence-electron chi connectivity index (χ0n) is 10.5. The van der Waals surface area contributed by atoms with Gasteiger partial charge in [0.1, 0.15) is 5.82 Å². The molecule has 0 spiro atoms. The molecule has 0 saturated heterocycles. The van der Waals surface area contributed by atoms with E-state index in [4.69, 9.17) is 5.73 Å². The molecule has 0 aliphatic rings. The van der Waals surface area contributed by atoms with Crippen LogP contribution in [0.25, 0.3) is 0 Å². The van der Waals surface area contributed by atoms with Gasteiger partial charge in [-0.2, -0.15) is 0 Å². The summed E-state index contributed by atoms with van der Waals surface area (Å²) in [6.07, 6.45) is 0. The molecule has 0 bridgehead atoms. The van der Waals surface area contributed by atoms with Crippen LogP contribution < -0.4 is 10.5 Å². The smallest absolute Gasteiger partial charge is 0.262 e. The first-order chi connectivity index (χ1) is 9.33. The second kappa shape index (κ2) is 5.80. The highest BCUT2D eigenvalue weighted by Gasteiger charge is 2.18. The van der Waals surface area contributed by atoms with E-state index in [1.54, 1.807) is 6.92 Å². The highest BCUT2D eigenvalue weighted by atomic mass is 79.9. The summed E-state index contributed by atoms with van der Waals surface area (Å²) in [4.78, 5) is 0.898. The summed E-state index contributed by atoms with van der Waals surface area (Å²) in [5.41, 5.74) is 6.30. The van der Waals surface area contributed by atoms with E-state index in [0.29, 0.717) is 10.0 Å². The summed E-state index contributed by atoms with van der Waals surface area (Å²) in [5, 5.41) is 1.51. The van der Waals surface area contributed by atoms with Crippen LogP contribution in [-0.4, -0.2) is 8.42 Å². The van der Waals surface area contributed by atoms with E-state index in [0.717, 1.165) is 10.9 Å². The number of nitrogens with one attached hydrogen (secondary N) is 1. The maximum absolute atomic E-state index is 13.5. The third kappa shape index (κ3) is 3.20. The van der Waals surface area contributed by atoms with E-state index in [2.05, 4.69) is 20.7 Å². The molecule has 1 heterocycles. The minimum absolute atomic E-state index is 0.130. The minimum atomic E-state index is -3.73. The molecule has 3 N–H and O–H groups in total. The molecule has 2 rings (SSSR count). The number of rotatable bonds is 4. The topological polar surface area (TPSA) is 72.2 Å². The third-order valence-corrected chi connectivity index (χ3v) is 5.71. The number of anilines is 1. The van der Waals surface area contributed by atoms with Gasteiger partial charge in [-0.05, 0) is 46.6 Å². The Morgan fingerprint density at radius 1 is 1.40 bits per heavy atom. The van der Waals surface area contributed by atoms with Crippen LogP contribution in [0.2, 0.25) is 0 Å². The summed E-state index contributed by atoms with van der Waals surface area (Å²) >= 11 is 4.32. The van der Waals surface area contributed by atoms with Crippen molar-refractivity contribution in [1.29, 1.82) is 0 Å². The van der Waals surface area contributed by atoms with E-state index in [9.17, 15) is 12.8 Å². The van der Waals surface area contributed by atoms with Gasteiger partial charge in [0.15, 0.2) is 0 Å². The molecule has 108 valence electrons. The molecule has 0 saturated carbocycles. The van der Waals surface area contributed by atoms with Gasteiger partial charge in [-0.25, -0.2) is 12.8 Å². The molecule has 2 aromatic rings. The van der Waals surface area contributed by atoms with Crippen molar-refractivity contribution in [2.24, 2.45) is 5.73 Å². The van der Waals surface area contributed by atoms with Crippen molar-refractivity contribution in [2.75, 3.05) is 4.72 Å². The fourth-order valence-corrected chi connectivity index (χ4v) is 4.30. The largest absolute Gasteiger partial charge is 0.326 e. The monoisotopic (exact) mass is 378 g/mol. The average Bonchev–Trinajstić information content (AvgIpc) is 2.85. The van der Waals surface area contributed by atoms with Crippen LogP contribution in [0.3, 0.4) is 0 Å². The lowest BCUT2D eigenvalue weighted by molar-refractivity contribution is 0.601. The van der Waals surface area contributed by atoms with Gasteiger partial charge >= 0.3 is 0 Å². The van der Waals surface area contributed by atoms with Crippen molar-refractivity contribution < 1.29 is 12.8 Å². The Kier molecular flexibility index (Phi) is 4.48. The van der Waals surface area contributed by atoms with Gasteiger partial charge in [0.2, 0.25) is 0 Å². The molecule has 0 aliphatic carbocycles. The fourth-order valence-electron chi connectivity index (χ4n) is 1.57. The zero-order valence-corrected chi connectivity index (χ0v) is 13.7. The Balaban J connectivity index is 2.35. The Bertz CT molecular complexity index is 744. The molecular formula is C12H12BrFN2O2S2. The van der Waals surface area contributed by atoms with E-state index >= 15 is 0 Å². The molecule has 20 heavy (non-hydrogen) atoms. The number of hydrogen-bond acceptors (Lipinski definition) is 4. The average molecular weight is 379 g/mol. The lowest BCUT2D eigenvalue weighted by atomic mass is 10.2. The lowest BCUT2D eigenvalue weighted by Crippen LogP contribution is -2.13. The maximum atomic E-state index is 13.5. The number of thiophene rings is 1. The van der Waals surface area contributed by atoms with Gasteiger partial charge in [0, 0.05) is 16.8 Å². The highest BCUT2D eigenvalue weighted by Crippen LogP contribution is 2.27. The van der Waals surface area contributed by atoms with Crippen molar-refractivity contribution in [3.8, 4) is 0 Å². The maximum Gasteiger partial charge on any atom is 0.262 e. The summed E-state index contributed by atoms with van der Waals surface area (Å²) in [6.45, 7) is 1.98. The van der Waals surface area contributed by atoms with Crippen molar-refractivity contribution >= 4 is 43.0 Å². The first-order valence-electron chi connectivity index (χ1n) is 5.59. The molecule has 8 heteroatoms. The van der Waals surface area contributed by atoms with Crippen LogP contribution in [0.1, 0.15) is 10.4 Å². The van der Waals surface area contributed by atoms with Gasteiger partial charge in [-0.3, -0.25) is 4.72 Å². The molecule has 0 radical (unpaired) electrons. The number of benzene rings is 1. The van der Waals surface area contributed by atoms with Gasteiger partial charge in [-0.1, -0.05) is 0 Å². The highest BCUT2D eigenvalue weighted by molar-refractivity contribution is 9.10. The van der Waals surface area contributed by atoms with Crippen molar-refractivity contribution in [3.05, 3.63) is 44.3 Å². The number of hydrogen-bond donors (Lipinski definition) is 2. The van der Waals surface area contributed by atoms with Gasteiger partial charge < -0.3 is 5.73 Å². The molecule has 1 aromatic heterocycles. The summed E-state index contributed by atoms with van der Waals surface area (Å²) < 4.78 is 40.6. The fraction of sp³-hybridized carbons (Fsp3) is 0.167. The molecule has 0 atom stereocenters. The van der Waals surface area contributed by atoms with Gasteiger partial charge in [-0.15, -0.1) is 11.3 Å². The Morgan fingerprint density at radius 3 is 2.70 bits per heavy atom. The Labute approximate surface area is 129 Å². The van der Waals surface area contributed by atoms with Crippen molar-refractivity contribution in [2.45, 2.75) is 18.4 Å². The van der Waals surface area contributed by atoms with E-state index in [1.165, 1.54) is 28.8 Å². The molecule has 0 aliphatic heterocycles. The van der Waals surface area contributed by atoms with Crippen LogP contribution >= 0.6 is 27.3 Å². The number of sulfonamides is 1. The first kappa shape index (κ1) is 15.4. The minimum Gasteiger partial charge on any atom is -0.326 e. The standard InChI is InChI=1S/C12H12BrFN2O2S2/c1-7-2-10(13)11(14)4-12(7)16-20(17,18)9-3-8(5-15)19-6-9/h2-4,6,16H,5,15H2,1H3. The third-order valence-electron chi connectivity index (χ3n) is 2.65. The second-order valence-corrected chi connectivity index (χ2v) is 7.67. The van der Waals surface area contributed by atoms with Gasteiger partial charge in [0.05, 0.1) is 15.1 Å². The van der Waals surface area contributed by atoms with Crippen molar-refractivity contribution in [3.63, 3.8) is 0 Å². The van der Waals surface area contributed by atoms with Crippen LogP contribution in [0, 0.1) is 12.7 Å². The summed E-state index contributed by atoms with van der Waals surface area (Å²) in [5.74, 6) is -0.527. The first-order valence-corrected chi connectivity index (χ1v) is 8.75. The van der Waals surface area contributed by atoms with Crippen LogP contribution in [0.5, 0.6) is 0 Å². The van der Waals surface area contributed by atoms with Crippen molar-refractivity contribution in [1.82, 2.24) is 0 Å². The molecule has 0 amide bonds. The molecule has 0 fully saturated rings. The normalized spacial score (nSPS) is 11.6. The zero-order chi connectivity index (χ0) is 14.9. The van der Waals surface area contributed by atoms with E-state index in [-0.39, 0.29) is 17.1 Å². The second-order valence-electron chi connectivity index (χ2n) is 4.14. The Morgan fingerprint density at radius 2 is 2.10 bits per heavy atom. The van der Waals surface area contributed by atoms with E-state index in [1.807, 2.05) is 0 Å². The molecule has 0 unspecified atom stereocenters. The van der Waals surface area contributed by atoms with Gasteiger partial charge in [0.25, 0.3) is 10.0 Å². The number of halogens is 2. The molecule has 1 aromatic carbocycles. The summed E-state index contributed by atoms with van der Waals surface area (Å²) in [6, 6.07) is 4.18. The number of nitrogens with two attached hydrogens (primary N) is 1. The van der Waals surface area contributed by atoms with Crippen LogP contribution in [-0.2, 0) is 16.6 Å². The van der Waals surface area contributed by atoms with Crippen LogP contribution in [0.4, 0.5) is 10.1 Å². The molecular weight excluding hydrogens is 367 g/mol. The van der Waals surface area contributed by atoms with Crippen LogP contribution in [0.15, 0.2) is 32.9 Å². The Hall–Kier alpha value is -0.960. The predicted molar refractivity (Wildman–Crippen MR) is 81.9 cm³/mol. The SMILES string of the molecule is Cc1cc(Br)c(F)cc1NS(=O)(=O)c1csc(CN)c1. The quantitative estimate of drug-likeness (QED) is 0.857. The van der Waals surface area contributed by atoms with E-state index < -0.39 is 15.8 Å². The predicted octanol–water partition coefficient (Wildman–Crippen LogP) is 3.22. The molecule has 4 nitrogen and oxygen atoms in total.